The molecule has 1 aliphatic rings. The lowest BCUT2D eigenvalue weighted by Gasteiger charge is -2.27. The third-order valence-corrected chi connectivity index (χ3v) is 4.75. The van der Waals surface area contributed by atoms with Gasteiger partial charge in [-0.25, -0.2) is 0 Å². The van der Waals surface area contributed by atoms with Crippen LogP contribution in [0.15, 0.2) is 28.8 Å². The molecule has 144 valence electrons. The van der Waals surface area contributed by atoms with Crippen LogP contribution in [0.5, 0.6) is 0 Å². The first kappa shape index (κ1) is 17.9. The topological polar surface area (TPSA) is 106 Å². The Hall–Kier alpha value is -3.49. The second-order valence-corrected chi connectivity index (χ2v) is 6.78. The summed E-state index contributed by atoms with van der Waals surface area (Å²) in [6.45, 7) is 6.49. The van der Waals surface area contributed by atoms with E-state index >= 15 is 0 Å². The first-order valence-corrected chi connectivity index (χ1v) is 8.96. The molecule has 1 aromatic carbocycles. The molecule has 0 spiro atoms. The first-order valence-electron chi connectivity index (χ1n) is 8.96. The zero-order chi connectivity index (χ0) is 19.8. The molecule has 28 heavy (non-hydrogen) atoms. The predicted molar refractivity (Wildman–Crippen MR) is 100 cm³/mol. The fourth-order valence-electron chi connectivity index (χ4n) is 3.40. The molecule has 0 fully saturated rings. The van der Waals surface area contributed by atoms with Gasteiger partial charge in [0.15, 0.2) is 11.6 Å². The average molecular weight is 380 g/mol. The third kappa shape index (κ3) is 3.15. The molecule has 0 atom stereocenters. The quantitative estimate of drug-likeness (QED) is 0.746. The van der Waals surface area contributed by atoms with Gasteiger partial charge in [-0.3, -0.25) is 9.59 Å². The minimum absolute atomic E-state index is 0.105. The summed E-state index contributed by atoms with van der Waals surface area (Å²) in [5.74, 6) is 1.78. The maximum absolute atomic E-state index is 12.8. The van der Waals surface area contributed by atoms with Crippen molar-refractivity contribution in [2.45, 2.75) is 33.9 Å². The van der Waals surface area contributed by atoms with Gasteiger partial charge in [-0.2, -0.15) is 0 Å². The van der Waals surface area contributed by atoms with Gasteiger partial charge in [-0.05, 0) is 38.1 Å². The van der Waals surface area contributed by atoms with E-state index in [9.17, 15) is 9.59 Å². The van der Waals surface area contributed by atoms with Gasteiger partial charge in [-0.1, -0.05) is 5.16 Å². The fourth-order valence-corrected chi connectivity index (χ4v) is 3.40. The number of fused-ring (bicyclic) bond motifs is 1. The normalized spacial score (nSPS) is 13.3. The van der Waals surface area contributed by atoms with Crippen molar-refractivity contribution in [2.24, 2.45) is 0 Å². The number of amides is 2. The highest BCUT2D eigenvalue weighted by atomic mass is 16.5. The van der Waals surface area contributed by atoms with Crippen LogP contribution in [-0.2, 0) is 17.9 Å². The highest BCUT2D eigenvalue weighted by Crippen LogP contribution is 2.25. The number of hydrogen-bond acceptors (Lipinski definition) is 6. The molecular formula is C19H20N6O3. The molecule has 0 aliphatic carbocycles. The van der Waals surface area contributed by atoms with Crippen molar-refractivity contribution in [3.8, 4) is 11.4 Å². The van der Waals surface area contributed by atoms with Gasteiger partial charge in [0, 0.05) is 31.3 Å². The van der Waals surface area contributed by atoms with E-state index in [4.69, 9.17) is 4.52 Å². The fraction of sp³-hybridized carbons (Fsp3) is 0.316. The van der Waals surface area contributed by atoms with Gasteiger partial charge in [0.25, 0.3) is 5.91 Å². The van der Waals surface area contributed by atoms with E-state index in [1.54, 1.807) is 18.7 Å². The smallest absolute Gasteiger partial charge is 0.259 e. The lowest BCUT2D eigenvalue weighted by atomic mass is 10.1. The van der Waals surface area contributed by atoms with E-state index in [1.165, 1.54) is 6.92 Å². The van der Waals surface area contributed by atoms with Gasteiger partial charge in [0.2, 0.25) is 5.91 Å². The number of carbonyl (C=O) groups is 2. The van der Waals surface area contributed by atoms with Crippen molar-refractivity contribution >= 4 is 17.5 Å². The van der Waals surface area contributed by atoms with Gasteiger partial charge in [0.05, 0.1) is 12.2 Å². The van der Waals surface area contributed by atoms with Crippen molar-refractivity contribution in [1.29, 1.82) is 0 Å². The van der Waals surface area contributed by atoms with Crippen LogP contribution in [0, 0.1) is 13.8 Å². The standard InChI is InChI=1S/C19H20N6O3/c1-11-17(12(2)28-23-11)19(27)24-8-9-25-16(10-24)21-22-18(25)14-4-6-15(7-5-14)20-13(3)26/h4-7H,8-10H2,1-3H3,(H,20,26). The Morgan fingerprint density at radius 1 is 1.11 bits per heavy atom. The minimum Gasteiger partial charge on any atom is -0.361 e. The first-order chi connectivity index (χ1) is 13.4. The zero-order valence-electron chi connectivity index (χ0n) is 15.9. The van der Waals surface area contributed by atoms with Crippen molar-refractivity contribution in [2.75, 3.05) is 11.9 Å². The molecule has 0 saturated carbocycles. The van der Waals surface area contributed by atoms with Gasteiger partial charge in [-0.15, -0.1) is 10.2 Å². The van der Waals surface area contributed by atoms with E-state index in [0.717, 1.165) is 22.9 Å². The van der Waals surface area contributed by atoms with Crippen LogP contribution >= 0.6 is 0 Å². The maximum atomic E-state index is 12.8. The third-order valence-electron chi connectivity index (χ3n) is 4.75. The second kappa shape index (κ2) is 6.91. The summed E-state index contributed by atoms with van der Waals surface area (Å²) in [5.41, 5.74) is 2.74. The van der Waals surface area contributed by atoms with E-state index in [-0.39, 0.29) is 11.8 Å². The largest absolute Gasteiger partial charge is 0.361 e. The van der Waals surface area contributed by atoms with Crippen LogP contribution in [0.2, 0.25) is 0 Å². The molecule has 0 radical (unpaired) electrons. The predicted octanol–water partition coefficient (Wildman–Crippen LogP) is 2.16. The summed E-state index contributed by atoms with van der Waals surface area (Å²) in [6.07, 6.45) is 0. The lowest BCUT2D eigenvalue weighted by Crippen LogP contribution is -2.39. The van der Waals surface area contributed by atoms with Crippen LogP contribution < -0.4 is 5.32 Å². The van der Waals surface area contributed by atoms with Crippen molar-refractivity contribution in [3.05, 3.63) is 47.1 Å². The zero-order valence-corrected chi connectivity index (χ0v) is 15.9. The molecular weight excluding hydrogens is 360 g/mol. The van der Waals surface area contributed by atoms with Gasteiger partial charge in [0.1, 0.15) is 11.3 Å². The van der Waals surface area contributed by atoms with E-state index in [1.807, 2.05) is 28.8 Å². The molecule has 4 rings (SSSR count). The summed E-state index contributed by atoms with van der Waals surface area (Å²) in [5, 5.41) is 15.2. The second-order valence-electron chi connectivity index (χ2n) is 6.78. The van der Waals surface area contributed by atoms with Crippen LogP contribution in [0.4, 0.5) is 5.69 Å². The molecule has 1 aliphatic heterocycles. The lowest BCUT2D eigenvalue weighted by molar-refractivity contribution is -0.114. The number of rotatable bonds is 3. The Balaban J connectivity index is 1.55. The van der Waals surface area contributed by atoms with Crippen molar-refractivity contribution < 1.29 is 14.1 Å². The molecule has 9 heteroatoms. The van der Waals surface area contributed by atoms with Crippen molar-refractivity contribution in [3.63, 3.8) is 0 Å². The molecule has 3 aromatic rings. The van der Waals surface area contributed by atoms with Crippen LogP contribution in [0.25, 0.3) is 11.4 Å². The highest BCUT2D eigenvalue weighted by molar-refractivity contribution is 5.96. The molecule has 0 unspecified atom stereocenters. The number of aryl methyl sites for hydroxylation is 2. The molecule has 2 amide bonds. The number of anilines is 1. The minimum atomic E-state index is -0.115. The summed E-state index contributed by atoms with van der Waals surface area (Å²) >= 11 is 0. The number of carbonyl (C=O) groups excluding carboxylic acids is 2. The Morgan fingerprint density at radius 3 is 2.50 bits per heavy atom. The number of nitrogens with zero attached hydrogens (tertiary/aromatic N) is 5. The van der Waals surface area contributed by atoms with E-state index in [2.05, 4.69) is 20.7 Å². The van der Waals surface area contributed by atoms with E-state index < -0.39 is 0 Å². The number of hydrogen-bond donors (Lipinski definition) is 1. The SMILES string of the molecule is CC(=O)Nc1ccc(-c2nnc3n2CCN(C(=O)c2c(C)noc2C)C3)cc1. The van der Waals surface area contributed by atoms with Crippen molar-refractivity contribution in [1.82, 2.24) is 24.8 Å². The molecule has 0 bridgehead atoms. The summed E-state index contributed by atoms with van der Waals surface area (Å²) in [4.78, 5) is 25.7. The van der Waals surface area contributed by atoms with Crippen LogP contribution in [-0.4, -0.2) is 43.2 Å². The number of nitrogens with one attached hydrogen (secondary N) is 1. The summed E-state index contributed by atoms with van der Waals surface area (Å²) in [6, 6.07) is 7.44. The Labute approximate surface area is 161 Å². The van der Waals surface area contributed by atoms with Gasteiger partial charge < -0.3 is 19.3 Å². The molecule has 3 heterocycles. The maximum Gasteiger partial charge on any atom is 0.259 e. The summed E-state index contributed by atoms with van der Waals surface area (Å²) < 4.78 is 7.13. The Bertz CT molecular complexity index is 1030. The van der Waals surface area contributed by atoms with Gasteiger partial charge >= 0.3 is 0 Å². The Morgan fingerprint density at radius 2 is 1.86 bits per heavy atom. The monoisotopic (exact) mass is 380 g/mol. The van der Waals surface area contributed by atoms with Crippen LogP contribution in [0.1, 0.15) is 34.6 Å². The average Bonchev–Trinajstić information content (AvgIpc) is 3.24. The molecule has 1 N–H and O–H groups in total. The molecule has 0 saturated heterocycles. The Kier molecular flexibility index (Phi) is 4.42. The molecule has 2 aromatic heterocycles. The molecule has 9 nitrogen and oxygen atoms in total. The summed E-state index contributed by atoms with van der Waals surface area (Å²) in [7, 11) is 0. The van der Waals surface area contributed by atoms with Crippen LogP contribution in [0.3, 0.4) is 0 Å². The number of aromatic nitrogens is 4. The van der Waals surface area contributed by atoms with E-state index in [0.29, 0.717) is 36.7 Å². The highest BCUT2D eigenvalue weighted by Gasteiger charge is 2.29. The number of benzene rings is 1.